The van der Waals surface area contributed by atoms with Crippen molar-refractivity contribution in [2.45, 2.75) is 31.7 Å². The van der Waals surface area contributed by atoms with Crippen LogP contribution in [0, 0.1) is 0 Å². The van der Waals surface area contributed by atoms with Crippen LogP contribution in [0.1, 0.15) is 29.8 Å². The molecule has 4 nitrogen and oxygen atoms in total. The van der Waals surface area contributed by atoms with Crippen LogP contribution in [0.3, 0.4) is 0 Å². The van der Waals surface area contributed by atoms with Crippen LogP contribution in [-0.4, -0.2) is 46.6 Å². The Hall–Kier alpha value is -1.20. The summed E-state index contributed by atoms with van der Waals surface area (Å²) in [4.78, 5) is 14.4. The lowest BCUT2D eigenvalue weighted by molar-refractivity contribution is -0.0387. The lowest BCUT2D eigenvalue weighted by atomic mass is 10.1. The molecule has 0 aliphatic carbocycles. The third-order valence-corrected chi connectivity index (χ3v) is 4.15. The Balaban J connectivity index is 2.17. The Bertz CT molecular complexity index is 518. The molecule has 0 aromatic heterocycles. The first-order valence-corrected chi connectivity index (χ1v) is 8.51. The van der Waals surface area contributed by atoms with E-state index in [0.29, 0.717) is 24.5 Å². The number of ether oxygens (including phenoxy) is 1. The fourth-order valence-corrected chi connectivity index (χ4v) is 3.03. The molecule has 0 bridgehead atoms. The molecule has 3 unspecified atom stereocenters. The summed E-state index contributed by atoms with van der Waals surface area (Å²) in [5, 5.41) is 0. The molecule has 1 amide bonds. The number of morpholine rings is 1. The van der Waals surface area contributed by atoms with E-state index in [1.807, 2.05) is 43.0 Å². The molecule has 0 spiro atoms. The highest BCUT2D eigenvalue weighted by Crippen LogP contribution is 2.16. The highest BCUT2D eigenvalue weighted by Gasteiger charge is 2.28. The molecule has 1 aromatic carbocycles. The number of carbonyl (C=O) groups is 1. The smallest absolute Gasteiger partial charge is 0.254 e. The van der Waals surface area contributed by atoms with E-state index in [2.05, 4.69) is 0 Å². The van der Waals surface area contributed by atoms with E-state index in [-0.39, 0.29) is 18.1 Å². The SMILES string of the molecule is CC1CN(C(=O)c2cccc(CS(C)=O)c2)C(C)CO1. The largest absolute Gasteiger partial charge is 0.375 e. The van der Waals surface area contributed by atoms with Gasteiger partial charge >= 0.3 is 0 Å². The van der Waals surface area contributed by atoms with Gasteiger partial charge in [-0.15, -0.1) is 0 Å². The Morgan fingerprint density at radius 2 is 2.20 bits per heavy atom. The first-order chi connectivity index (χ1) is 9.47. The van der Waals surface area contributed by atoms with Crippen molar-refractivity contribution in [2.24, 2.45) is 0 Å². The maximum Gasteiger partial charge on any atom is 0.254 e. The summed E-state index contributed by atoms with van der Waals surface area (Å²) in [7, 11) is -0.900. The third kappa shape index (κ3) is 3.67. The average molecular weight is 295 g/mol. The standard InChI is InChI=1S/C15H21NO3S/c1-11-9-19-12(2)8-16(11)15(17)14-6-4-5-13(7-14)10-20(3)18/h4-7,11-12H,8-10H2,1-3H3. The van der Waals surface area contributed by atoms with Gasteiger partial charge < -0.3 is 9.64 Å². The van der Waals surface area contributed by atoms with E-state index in [9.17, 15) is 9.00 Å². The fraction of sp³-hybridized carbons (Fsp3) is 0.533. The molecule has 0 N–H and O–H groups in total. The molecule has 5 heteroatoms. The lowest BCUT2D eigenvalue weighted by Gasteiger charge is -2.36. The number of hydrogen-bond acceptors (Lipinski definition) is 3. The van der Waals surface area contributed by atoms with Crippen molar-refractivity contribution in [1.82, 2.24) is 4.90 Å². The molecule has 1 aromatic rings. The fourth-order valence-electron chi connectivity index (χ4n) is 2.38. The lowest BCUT2D eigenvalue weighted by Crippen LogP contribution is -2.50. The second-order valence-corrected chi connectivity index (χ2v) is 6.80. The Kier molecular flexibility index (Phi) is 4.94. The molecule has 1 aliphatic heterocycles. The van der Waals surface area contributed by atoms with Crippen molar-refractivity contribution >= 4 is 16.7 Å². The minimum atomic E-state index is -0.900. The highest BCUT2D eigenvalue weighted by atomic mass is 32.2. The predicted octanol–water partition coefficient (Wildman–Crippen LogP) is 1.81. The Morgan fingerprint density at radius 1 is 1.45 bits per heavy atom. The number of nitrogens with zero attached hydrogens (tertiary/aromatic N) is 1. The van der Waals surface area contributed by atoms with E-state index in [1.54, 1.807) is 6.26 Å². The van der Waals surface area contributed by atoms with Gasteiger partial charge in [0.1, 0.15) is 0 Å². The summed E-state index contributed by atoms with van der Waals surface area (Å²) in [5.41, 5.74) is 1.60. The molecule has 110 valence electrons. The maximum absolute atomic E-state index is 12.6. The van der Waals surface area contributed by atoms with E-state index < -0.39 is 10.8 Å². The maximum atomic E-state index is 12.6. The highest BCUT2D eigenvalue weighted by molar-refractivity contribution is 7.83. The van der Waals surface area contributed by atoms with Gasteiger partial charge in [-0.3, -0.25) is 9.00 Å². The van der Waals surface area contributed by atoms with Crippen LogP contribution in [0.15, 0.2) is 24.3 Å². The van der Waals surface area contributed by atoms with E-state index in [4.69, 9.17) is 4.74 Å². The molecular formula is C15H21NO3S. The topological polar surface area (TPSA) is 46.6 Å². The van der Waals surface area contributed by atoms with Crippen LogP contribution in [0.5, 0.6) is 0 Å². The van der Waals surface area contributed by atoms with Crippen LogP contribution in [0.2, 0.25) is 0 Å². The number of benzene rings is 1. The van der Waals surface area contributed by atoms with E-state index >= 15 is 0 Å². The average Bonchev–Trinajstić information content (AvgIpc) is 2.40. The number of rotatable bonds is 3. The van der Waals surface area contributed by atoms with Crippen LogP contribution < -0.4 is 0 Å². The van der Waals surface area contributed by atoms with Crippen molar-refractivity contribution in [3.05, 3.63) is 35.4 Å². The molecule has 3 atom stereocenters. The van der Waals surface area contributed by atoms with E-state index in [1.165, 1.54) is 0 Å². The van der Waals surface area contributed by atoms with Gasteiger partial charge in [0, 0.05) is 34.9 Å². The summed E-state index contributed by atoms with van der Waals surface area (Å²) >= 11 is 0. The molecule has 1 fully saturated rings. The zero-order valence-corrected chi connectivity index (χ0v) is 13.0. The second-order valence-electron chi connectivity index (χ2n) is 5.37. The minimum Gasteiger partial charge on any atom is -0.375 e. The van der Waals surface area contributed by atoms with Gasteiger partial charge in [0.2, 0.25) is 0 Å². The molecule has 20 heavy (non-hydrogen) atoms. The summed E-state index contributed by atoms with van der Waals surface area (Å²) in [5.74, 6) is 0.507. The quantitative estimate of drug-likeness (QED) is 0.854. The molecular weight excluding hydrogens is 274 g/mol. The summed E-state index contributed by atoms with van der Waals surface area (Å²) < 4.78 is 16.8. The summed E-state index contributed by atoms with van der Waals surface area (Å²) in [6.45, 7) is 5.16. The van der Waals surface area contributed by atoms with Crippen molar-refractivity contribution < 1.29 is 13.7 Å². The summed E-state index contributed by atoms with van der Waals surface area (Å²) in [6.07, 6.45) is 1.74. The predicted molar refractivity (Wildman–Crippen MR) is 80.1 cm³/mol. The van der Waals surface area contributed by atoms with Crippen molar-refractivity contribution in [2.75, 3.05) is 19.4 Å². The van der Waals surface area contributed by atoms with Gasteiger partial charge in [-0.05, 0) is 31.5 Å². The molecule has 1 aliphatic rings. The first kappa shape index (κ1) is 15.2. The van der Waals surface area contributed by atoms with E-state index in [0.717, 1.165) is 5.56 Å². The number of carbonyl (C=O) groups excluding carboxylic acids is 1. The van der Waals surface area contributed by atoms with Crippen LogP contribution in [0.4, 0.5) is 0 Å². The van der Waals surface area contributed by atoms with Crippen molar-refractivity contribution in [3.63, 3.8) is 0 Å². The Morgan fingerprint density at radius 3 is 2.90 bits per heavy atom. The second kappa shape index (κ2) is 6.50. The molecule has 0 radical (unpaired) electrons. The van der Waals surface area contributed by atoms with Crippen molar-refractivity contribution in [1.29, 1.82) is 0 Å². The van der Waals surface area contributed by atoms with Crippen molar-refractivity contribution in [3.8, 4) is 0 Å². The molecule has 2 rings (SSSR count). The van der Waals surface area contributed by atoms with Crippen LogP contribution in [0.25, 0.3) is 0 Å². The third-order valence-electron chi connectivity index (χ3n) is 3.41. The normalized spacial score (nSPS) is 24.4. The number of hydrogen-bond donors (Lipinski definition) is 0. The number of amides is 1. The Labute approximate surface area is 122 Å². The minimum absolute atomic E-state index is 0.0244. The molecule has 1 saturated heterocycles. The van der Waals surface area contributed by atoms with Crippen LogP contribution >= 0.6 is 0 Å². The van der Waals surface area contributed by atoms with Gasteiger partial charge in [-0.25, -0.2) is 0 Å². The zero-order valence-electron chi connectivity index (χ0n) is 12.2. The van der Waals surface area contributed by atoms with Gasteiger partial charge in [0.15, 0.2) is 0 Å². The zero-order chi connectivity index (χ0) is 14.7. The van der Waals surface area contributed by atoms with Gasteiger partial charge in [-0.1, -0.05) is 12.1 Å². The van der Waals surface area contributed by atoms with Gasteiger partial charge in [0.25, 0.3) is 5.91 Å². The summed E-state index contributed by atoms with van der Waals surface area (Å²) in [6, 6.07) is 7.50. The first-order valence-electron chi connectivity index (χ1n) is 6.79. The molecule has 1 heterocycles. The molecule has 0 saturated carbocycles. The monoisotopic (exact) mass is 295 g/mol. The van der Waals surface area contributed by atoms with Gasteiger partial charge in [-0.2, -0.15) is 0 Å². The van der Waals surface area contributed by atoms with Crippen LogP contribution in [-0.2, 0) is 21.3 Å². The van der Waals surface area contributed by atoms with Gasteiger partial charge in [0.05, 0.1) is 18.8 Å².